The van der Waals surface area contributed by atoms with E-state index >= 15 is 0 Å². The molecule has 1 aliphatic rings. The molecule has 0 unspecified atom stereocenters. The molecule has 1 amide bonds. The molecule has 8 nitrogen and oxygen atoms in total. The van der Waals surface area contributed by atoms with Crippen LogP contribution in [-0.4, -0.2) is 57.2 Å². The van der Waals surface area contributed by atoms with Crippen LogP contribution in [0, 0.1) is 11.8 Å². The lowest BCUT2D eigenvalue weighted by molar-refractivity contribution is -0.122. The predicted molar refractivity (Wildman–Crippen MR) is 147 cm³/mol. The number of methoxy groups -OCH3 is 2. The third-order valence-electron chi connectivity index (χ3n) is 5.90. The highest BCUT2D eigenvalue weighted by molar-refractivity contribution is 5.95. The predicted octanol–water partition coefficient (Wildman–Crippen LogP) is 5.60. The van der Waals surface area contributed by atoms with Crippen LogP contribution in [0.3, 0.4) is 0 Å². The third kappa shape index (κ3) is 8.30. The number of nitrogens with zero attached hydrogens (tertiary/aromatic N) is 2. The lowest BCUT2D eigenvalue weighted by atomic mass is 10.0. The van der Waals surface area contributed by atoms with E-state index in [4.69, 9.17) is 18.9 Å². The van der Waals surface area contributed by atoms with Crippen molar-refractivity contribution in [3.8, 4) is 23.0 Å². The van der Waals surface area contributed by atoms with Crippen LogP contribution >= 0.6 is 0 Å². The molecule has 1 heterocycles. The lowest BCUT2D eigenvalue weighted by Crippen LogP contribution is -2.44. The molecule has 8 heteroatoms. The summed E-state index contributed by atoms with van der Waals surface area (Å²) in [5, 5.41) is 9.61. The van der Waals surface area contributed by atoms with E-state index in [0.29, 0.717) is 60.3 Å². The smallest absolute Gasteiger partial charge is 0.248 e. The second-order valence-corrected chi connectivity index (χ2v) is 10.1. The Kier molecular flexibility index (Phi) is 10.5. The van der Waals surface area contributed by atoms with E-state index in [1.54, 1.807) is 20.4 Å². The Hall–Kier alpha value is -3.42. The van der Waals surface area contributed by atoms with Crippen LogP contribution in [-0.2, 0) is 4.79 Å². The molecular formula is C29H41N3O5. The molecule has 2 aromatic rings. The molecule has 2 aromatic carbocycles. The number of rotatable bonds is 12. The van der Waals surface area contributed by atoms with Gasteiger partial charge < -0.3 is 24.3 Å². The first kappa shape index (κ1) is 28.2. The molecule has 0 aliphatic carbocycles. The van der Waals surface area contributed by atoms with Crippen molar-refractivity contribution in [2.24, 2.45) is 16.9 Å². The zero-order valence-electron chi connectivity index (χ0n) is 23.0. The molecule has 1 fully saturated rings. The maximum absolute atomic E-state index is 13.3. The highest BCUT2D eigenvalue weighted by Gasteiger charge is 2.28. The summed E-state index contributed by atoms with van der Waals surface area (Å²) in [7, 11) is 3.24. The molecule has 37 heavy (non-hydrogen) atoms. The maximum atomic E-state index is 13.3. The lowest BCUT2D eigenvalue weighted by Gasteiger charge is -2.32. The van der Waals surface area contributed by atoms with Crippen molar-refractivity contribution >= 4 is 17.8 Å². The zero-order chi connectivity index (χ0) is 26.8. The molecular weight excluding hydrogens is 470 g/mol. The van der Waals surface area contributed by atoms with Gasteiger partial charge in [0.1, 0.15) is 6.04 Å². The van der Waals surface area contributed by atoms with Gasteiger partial charge in [-0.15, -0.1) is 0 Å². The fourth-order valence-electron chi connectivity index (χ4n) is 3.95. The minimum atomic E-state index is -0.359. The largest absolute Gasteiger partial charge is 0.493 e. The Morgan fingerprint density at radius 3 is 2.19 bits per heavy atom. The average molecular weight is 512 g/mol. The number of hydrogen-bond donors (Lipinski definition) is 1. The summed E-state index contributed by atoms with van der Waals surface area (Å²) >= 11 is 0. The Labute approximate surface area is 220 Å². The normalized spacial score (nSPS) is 15.8. The quantitative estimate of drug-likeness (QED) is 0.374. The molecule has 3 rings (SSSR count). The molecule has 0 radical (unpaired) electrons. The first-order valence-electron chi connectivity index (χ1n) is 13.0. The second kappa shape index (κ2) is 13.8. The standard InChI is InChI=1S/C29H41N3O5/c1-20(2)18-36-27-15-22(10-12-25(27)34-5)17-30-32-14-8-7-9-24(32)29(33)31-23-11-13-26(35-6)28(16-23)37-19-21(3)4/h10-13,15-17,20-21,24H,7-9,14,18-19H2,1-6H3,(H,31,33)/b30-17-/t24-/m0/s1. The Bertz CT molecular complexity index is 1050. The summed E-state index contributed by atoms with van der Waals surface area (Å²) in [5.74, 6) is 3.31. The Morgan fingerprint density at radius 1 is 0.946 bits per heavy atom. The van der Waals surface area contributed by atoms with Crippen LogP contribution in [0.2, 0.25) is 0 Å². The number of carbonyl (C=O) groups excluding carboxylic acids is 1. The number of hydrogen-bond acceptors (Lipinski definition) is 7. The summed E-state index contributed by atoms with van der Waals surface area (Å²) in [6, 6.07) is 10.8. The highest BCUT2D eigenvalue weighted by Crippen LogP contribution is 2.31. The van der Waals surface area contributed by atoms with Crippen molar-refractivity contribution in [1.82, 2.24) is 5.01 Å². The van der Waals surface area contributed by atoms with Gasteiger partial charge in [0.25, 0.3) is 0 Å². The van der Waals surface area contributed by atoms with Gasteiger partial charge >= 0.3 is 0 Å². The van der Waals surface area contributed by atoms with E-state index in [1.165, 1.54) is 0 Å². The minimum absolute atomic E-state index is 0.0903. The van der Waals surface area contributed by atoms with E-state index in [1.807, 2.05) is 41.4 Å². The van der Waals surface area contributed by atoms with Crippen LogP contribution in [0.1, 0.15) is 52.5 Å². The first-order valence-corrected chi connectivity index (χ1v) is 13.0. The average Bonchev–Trinajstić information content (AvgIpc) is 2.89. The van der Waals surface area contributed by atoms with Crippen molar-refractivity contribution in [3.05, 3.63) is 42.0 Å². The van der Waals surface area contributed by atoms with Gasteiger partial charge in [0, 0.05) is 18.3 Å². The van der Waals surface area contributed by atoms with E-state index in [0.717, 1.165) is 24.8 Å². The Morgan fingerprint density at radius 2 is 1.57 bits per heavy atom. The number of ether oxygens (including phenoxy) is 4. The second-order valence-electron chi connectivity index (χ2n) is 10.1. The maximum Gasteiger partial charge on any atom is 0.248 e. The highest BCUT2D eigenvalue weighted by atomic mass is 16.5. The number of carbonyl (C=O) groups is 1. The van der Waals surface area contributed by atoms with E-state index < -0.39 is 0 Å². The van der Waals surface area contributed by atoms with Crippen molar-refractivity contribution in [1.29, 1.82) is 0 Å². The fourth-order valence-corrected chi connectivity index (χ4v) is 3.95. The van der Waals surface area contributed by atoms with Gasteiger partial charge in [-0.1, -0.05) is 27.7 Å². The summed E-state index contributed by atoms with van der Waals surface area (Å²) in [5.41, 5.74) is 1.55. The van der Waals surface area contributed by atoms with Gasteiger partial charge in [0.2, 0.25) is 5.91 Å². The molecule has 0 aromatic heterocycles. The molecule has 202 valence electrons. The van der Waals surface area contributed by atoms with Gasteiger partial charge in [0.15, 0.2) is 23.0 Å². The fraction of sp³-hybridized carbons (Fsp3) is 0.517. The van der Waals surface area contributed by atoms with Crippen molar-refractivity contribution < 1.29 is 23.7 Å². The monoisotopic (exact) mass is 511 g/mol. The van der Waals surface area contributed by atoms with Gasteiger partial charge in [-0.2, -0.15) is 5.10 Å². The summed E-state index contributed by atoms with van der Waals surface area (Å²) in [4.78, 5) is 13.3. The van der Waals surface area contributed by atoms with Crippen LogP contribution < -0.4 is 24.3 Å². The van der Waals surface area contributed by atoms with E-state index in [-0.39, 0.29) is 11.9 Å². The van der Waals surface area contributed by atoms with Crippen LogP contribution in [0.25, 0.3) is 0 Å². The summed E-state index contributed by atoms with van der Waals surface area (Å²) in [6.07, 6.45) is 4.48. The minimum Gasteiger partial charge on any atom is -0.493 e. The van der Waals surface area contributed by atoms with Gasteiger partial charge in [0.05, 0.1) is 33.6 Å². The topological polar surface area (TPSA) is 81.6 Å². The van der Waals surface area contributed by atoms with Crippen LogP contribution in [0.15, 0.2) is 41.5 Å². The van der Waals surface area contributed by atoms with Crippen LogP contribution in [0.5, 0.6) is 23.0 Å². The van der Waals surface area contributed by atoms with Crippen LogP contribution in [0.4, 0.5) is 5.69 Å². The van der Waals surface area contributed by atoms with E-state index in [9.17, 15) is 4.79 Å². The molecule has 0 bridgehead atoms. The molecule has 1 aliphatic heterocycles. The zero-order valence-corrected chi connectivity index (χ0v) is 23.0. The molecule has 0 saturated carbocycles. The summed E-state index contributed by atoms with van der Waals surface area (Å²) < 4.78 is 22.7. The number of nitrogens with one attached hydrogen (secondary N) is 1. The van der Waals surface area contributed by atoms with Gasteiger partial charge in [-0.25, -0.2) is 0 Å². The third-order valence-corrected chi connectivity index (χ3v) is 5.90. The van der Waals surface area contributed by atoms with Crippen molar-refractivity contribution in [2.75, 3.05) is 39.3 Å². The van der Waals surface area contributed by atoms with E-state index in [2.05, 4.69) is 38.1 Å². The number of benzene rings is 2. The first-order chi connectivity index (χ1) is 17.8. The molecule has 1 N–H and O–H groups in total. The molecule has 0 spiro atoms. The number of hydrazone groups is 1. The SMILES string of the molecule is COc1ccc(/C=N\N2CCCC[C@H]2C(=O)Nc2ccc(OC)c(OCC(C)C)c2)cc1OCC(C)C. The molecule has 1 saturated heterocycles. The van der Waals surface area contributed by atoms with Gasteiger partial charge in [-0.05, 0) is 67.0 Å². The van der Waals surface area contributed by atoms with Gasteiger partial charge in [-0.3, -0.25) is 9.80 Å². The number of amides is 1. The Balaban J connectivity index is 1.72. The number of piperidine rings is 1. The summed E-state index contributed by atoms with van der Waals surface area (Å²) in [6.45, 7) is 10.3. The van der Waals surface area contributed by atoms with Crippen molar-refractivity contribution in [3.63, 3.8) is 0 Å². The number of anilines is 1. The molecule has 1 atom stereocenters. The van der Waals surface area contributed by atoms with Crippen molar-refractivity contribution in [2.45, 2.75) is 53.0 Å².